The van der Waals surface area contributed by atoms with E-state index in [0.717, 1.165) is 0 Å². The topological polar surface area (TPSA) is 63.6 Å². The molecule has 0 radical (unpaired) electrons. The van der Waals surface area contributed by atoms with Crippen molar-refractivity contribution in [3.05, 3.63) is 0 Å². The van der Waals surface area contributed by atoms with Gasteiger partial charge in [0.1, 0.15) is 5.60 Å². The van der Waals surface area contributed by atoms with Crippen LogP contribution >= 0.6 is 0 Å². The molecular formula is C9H14O4. The summed E-state index contributed by atoms with van der Waals surface area (Å²) in [4.78, 5) is 22.3. The van der Waals surface area contributed by atoms with Crippen LogP contribution in [0, 0.1) is 0 Å². The number of carbonyl (C=O) groups excluding carboxylic acids is 2. The zero-order chi connectivity index (χ0) is 10.1. The molecule has 0 aliphatic carbocycles. The van der Waals surface area contributed by atoms with Gasteiger partial charge in [-0.05, 0) is 26.7 Å². The fraction of sp³-hybridized carbons (Fsp3) is 0.778. The SMILES string of the molecule is CC(C)(O)C(=O)C1CCCC(=O)O1. The molecule has 1 unspecified atom stereocenters. The summed E-state index contributed by atoms with van der Waals surface area (Å²) in [6.07, 6.45) is 0.802. The van der Waals surface area contributed by atoms with Gasteiger partial charge in [-0.2, -0.15) is 0 Å². The third-order valence-corrected chi connectivity index (χ3v) is 2.02. The van der Waals surface area contributed by atoms with Crippen LogP contribution in [0.2, 0.25) is 0 Å². The lowest BCUT2D eigenvalue weighted by molar-refractivity contribution is -0.165. The minimum Gasteiger partial charge on any atom is -0.454 e. The molecule has 4 heteroatoms. The van der Waals surface area contributed by atoms with Crippen LogP contribution in [0.1, 0.15) is 33.1 Å². The van der Waals surface area contributed by atoms with Gasteiger partial charge >= 0.3 is 5.97 Å². The second kappa shape index (κ2) is 3.46. The quantitative estimate of drug-likeness (QED) is 0.635. The number of ketones is 1. The van der Waals surface area contributed by atoms with E-state index in [9.17, 15) is 14.7 Å². The number of Topliss-reactive ketones (excluding diaryl/α,β-unsaturated/α-hetero) is 1. The Bertz CT molecular complexity index is 226. The molecule has 0 amide bonds. The number of aliphatic hydroxyl groups is 1. The second-order valence-corrected chi connectivity index (χ2v) is 3.79. The predicted molar refractivity (Wildman–Crippen MR) is 45.0 cm³/mol. The maximum absolute atomic E-state index is 11.4. The van der Waals surface area contributed by atoms with Crippen LogP contribution in [0.5, 0.6) is 0 Å². The average molecular weight is 186 g/mol. The smallest absolute Gasteiger partial charge is 0.306 e. The van der Waals surface area contributed by atoms with Crippen LogP contribution in [0.15, 0.2) is 0 Å². The molecule has 1 saturated heterocycles. The third-order valence-electron chi connectivity index (χ3n) is 2.02. The fourth-order valence-corrected chi connectivity index (χ4v) is 1.29. The number of carbonyl (C=O) groups is 2. The number of ether oxygens (including phenoxy) is 1. The van der Waals surface area contributed by atoms with Crippen LogP contribution in [0.4, 0.5) is 0 Å². The highest BCUT2D eigenvalue weighted by atomic mass is 16.5. The van der Waals surface area contributed by atoms with E-state index in [0.29, 0.717) is 19.3 Å². The number of esters is 1. The van der Waals surface area contributed by atoms with Gasteiger partial charge in [-0.1, -0.05) is 0 Å². The summed E-state index contributed by atoms with van der Waals surface area (Å²) in [5, 5.41) is 9.38. The number of hydrogen-bond acceptors (Lipinski definition) is 4. The Hall–Kier alpha value is -0.900. The highest BCUT2D eigenvalue weighted by Crippen LogP contribution is 2.19. The Labute approximate surface area is 76.9 Å². The van der Waals surface area contributed by atoms with Gasteiger partial charge in [0.15, 0.2) is 6.10 Å². The first kappa shape index (κ1) is 10.2. The van der Waals surface area contributed by atoms with Gasteiger partial charge < -0.3 is 9.84 Å². The van der Waals surface area contributed by atoms with E-state index < -0.39 is 17.5 Å². The fourth-order valence-electron chi connectivity index (χ4n) is 1.29. The van der Waals surface area contributed by atoms with Crippen molar-refractivity contribution in [1.29, 1.82) is 0 Å². The van der Waals surface area contributed by atoms with Crippen LogP contribution in [0.25, 0.3) is 0 Å². The normalized spacial score (nSPS) is 23.9. The van der Waals surface area contributed by atoms with Crippen molar-refractivity contribution in [2.75, 3.05) is 0 Å². The summed E-state index contributed by atoms with van der Waals surface area (Å²) in [6, 6.07) is 0. The van der Waals surface area contributed by atoms with Crippen molar-refractivity contribution >= 4 is 11.8 Å². The molecular weight excluding hydrogens is 172 g/mol. The van der Waals surface area contributed by atoms with E-state index in [2.05, 4.69) is 0 Å². The van der Waals surface area contributed by atoms with Crippen molar-refractivity contribution in [3.8, 4) is 0 Å². The zero-order valence-corrected chi connectivity index (χ0v) is 7.87. The monoisotopic (exact) mass is 186 g/mol. The van der Waals surface area contributed by atoms with Crippen LogP contribution in [-0.2, 0) is 14.3 Å². The molecule has 1 fully saturated rings. The van der Waals surface area contributed by atoms with Gasteiger partial charge in [-0.3, -0.25) is 9.59 Å². The van der Waals surface area contributed by atoms with Gasteiger partial charge in [-0.25, -0.2) is 0 Å². The maximum atomic E-state index is 11.4. The van der Waals surface area contributed by atoms with E-state index in [1.807, 2.05) is 0 Å². The molecule has 4 nitrogen and oxygen atoms in total. The minimum absolute atomic E-state index is 0.353. The molecule has 0 spiro atoms. The minimum atomic E-state index is -1.41. The molecule has 0 bridgehead atoms. The van der Waals surface area contributed by atoms with Crippen molar-refractivity contribution in [2.24, 2.45) is 0 Å². The molecule has 1 heterocycles. The second-order valence-electron chi connectivity index (χ2n) is 3.79. The highest BCUT2D eigenvalue weighted by molar-refractivity contribution is 5.92. The van der Waals surface area contributed by atoms with E-state index >= 15 is 0 Å². The molecule has 13 heavy (non-hydrogen) atoms. The molecule has 0 saturated carbocycles. The summed E-state index contributed by atoms with van der Waals surface area (Å²) in [6.45, 7) is 2.80. The summed E-state index contributed by atoms with van der Waals surface area (Å²) < 4.78 is 4.83. The molecule has 1 aliphatic heterocycles. The van der Waals surface area contributed by atoms with Crippen LogP contribution in [-0.4, -0.2) is 28.6 Å². The Balaban J connectivity index is 2.62. The molecule has 0 aromatic carbocycles. The molecule has 0 aromatic rings. The van der Waals surface area contributed by atoms with Crippen molar-refractivity contribution in [1.82, 2.24) is 0 Å². The maximum Gasteiger partial charge on any atom is 0.306 e. The van der Waals surface area contributed by atoms with Gasteiger partial charge in [-0.15, -0.1) is 0 Å². The Morgan fingerprint density at radius 1 is 1.62 bits per heavy atom. The third kappa shape index (κ3) is 2.52. The first-order valence-electron chi connectivity index (χ1n) is 4.37. The summed E-state index contributed by atoms with van der Waals surface area (Å²) in [5.74, 6) is -0.769. The lowest BCUT2D eigenvalue weighted by Gasteiger charge is -2.26. The van der Waals surface area contributed by atoms with Gasteiger partial charge in [0, 0.05) is 6.42 Å². The highest BCUT2D eigenvalue weighted by Gasteiger charge is 2.35. The lowest BCUT2D eigenvalue weighted by atomic mass is 9.94. The van der Waals surface area contributed by atoms with E-state index in [1.54, 1.807) is 0 Å². The summed E-state index contributed by atoms with van der Waals surface area (Å²) in [5.41, 5.74) is -1.41. The largest absolute Gasteiger partial charge is 0.454 e. The van der Waals surface area contributed by atoms with E-state index in [-0.39, 0.29) is 5.97 Å². The molecule has 0 aromatic heterocycles. The molecule has 1 aliphatic rings. The van der Waals surface area contributed by atoms with Gasteiger partial charge in [0.25, 0.3) is 0 Å². The van der Waals surface area contributed by atoms with E-state index in [4.69, 9.17) is 4.74 Å². The van der Waals surface area contributed by atoms with Crippen molar-refractivity contribution in [3.63, 3.8) is 0 Å². The Morgan fingerprint density at radius 3 is 2.69 bits per heavy atom. The molecule has 1 atom stereocenters. The van der Waals surface area contributed by atoms with Crippen LogP contribution in [0.3, 0.4) is 0 Å². The number of cyclic esters (lactones) is 1. The average Bonchev–Trinajstić information content (AvgIpc) is 2.01. The zero-order valence-electron chi connectivity index (χ0n) is 7.87. The molecule has 74 valence electrons. The van der Waals surface area contributed by atoms with Crippen molar-refractivity contribution in [2.45, 2.75) is 44.8 Å². The Kier molecular flexibility index (Phi) is 2.71. The van der Waals surface area contributed by atoms with Crippen LogP contribution < -0.4 is 0 Å². The van der Waals surface area contributed by atoms with Gasteiger partial charge in [0.2, 0.25) is 5.78 Å². The van der Waals surface area contributed by atoms with E-state index in [1.165, 1.54) is 13.8 Å². The van der Waals surface area contributed by atoms with Crippen molar-refractivity contribution < 1.29 is 19.4 Å². The summed E-state index contributed by atoms with van der Waals surface area (Å²) >= 11 is 0. The number of rotatable bonds is 2. The summed E-state index contributed by atoms with van der Waals surface area (Å²) in [7, 11) is 0. The number of hydrogen-bond donors (Lipinski definition) is 1. The molecule has 1 N–H and O–H groups in total. The molecule has 1 rings (SSSR count). The van der Waals surface area contributed by atoms with Gasteiger partial charge in [0.05, 0.1) is 0 Å². The first-order valence-corrected chi connectivity index (χ1v) is 4.37. The lowest BCUT2D eigenvalue weighted by Crippen LogP contribution is -2.43. The predicted octanol–water partition coefficient (Wildman–Crippen LogP) is 0.422. The standard InChI is InChI=1S/C9H14O4/c1-9(2,12)8(11)6-4-3-5-7(10)13-6/h6,12H,3-5H2,1-2H3. The first-order chi connectivity index (χ1) is 5.91. The Morgan fingerprint density at radius 2 is 2.23 bits per heavy atom.